The summed E-state index contributed by atoms with van der Waals surface area (Å²) in [5, 5.41) is 9.23. The molecule has 2 N–H and O–H groups in total. The Morgan fingerprint density at radius 3 is 2.96 bits per heavy atom. The molecule has 9 heteroatoms. The molecule has 23 heavy (non-hydrogen) atoms. The van der Waals surface area contributed by atoms with Gasteiger partial charge in [-0.25, -0.2) is 18.4 Å². The molecule has 1 unspecified atom stereocenters. The van der Waals surface area contributed by atoms with E-state index in [0.29, 0.717) is 0 Å². The molecule has 1 aromatic carbocycles. The lowest BCUT2D eigenvalue weighted by Gasteiger charge is -2.11. The van der Waals surface area contributed by atoms with E-state index in [1.807, 2.05) is 24.3 Å². The third-order valence-corrected chi connectivity index (χ3v) is 3.49. The average molecular weight is 344 g/mol. The number of carbonyl (C=O) groups excluding carboxylic acids is 1. The molecule has 6 nitrogen and oxygen atoms in total. The molecule has 1 atom stereocenters. The van der Waals surface area contributed by atoms with Crippen molar-refractivity contribution in [3.05, 3.63) is 42.5 Å². The normalized spacial score (nSPS) is 19.1. The van der Waals surface area contributed by atoms with Crippen LogP contribution in [0.2, 0.25) is 0 Å². The molecule has 1 aromatic heterocycles. The smallest absolute Gasteiger partial charge is 0.262 e. The zero-order chi connectivity index (χ0) is 15.6. The first-order chi connectivity index (χ1) is 10.5. The maximum atomic E-state index is 13.1. The number of hydrogen-bond donors (Lipinski definition) is 2. The second kappa shape index (κ2) is 7.01. The average Bonchev–Trinajstić information content (AvgIpc) is 3.14. The Labute approximate surface area is 137 Å². The quantitative estimate of drug-likeness (QED) is 0.878. The van der Waals surface area contributed by atoms with Gasteiger partial charge >= 0.3 is 0 Å². The first-order valence-corrected chi connectivity index (χ1v) is 6.86. The summed E-state index contributed by atoms with van der Waals surface area (Å²) < 4.78 is 27.7. The van der Waals surface area contributed by atoms with E-state index < -0.39 is 30.8 Å². The third-order valence-electron chi connectivity index (χ3n) is 3.49. The van der Waals surface area contributed by atoms with Crippen LogP contribution in [0.1, 0.15) is 12.0 Å². The number of alkyl halides is 2. The topological polar surface area (TPSA) is 71.8 Å². The molecule has 0 bridgehead atoms. The fraction of sp³-hybridized carbons (Fsp3) is 0.357. The van der Waals surface area contributed by atoms with Gasteiger partial charge in [-0.1, -0.05) is 12.1 Å². The summed E-state index contributed by atoms with van der Waals surface area (Å²) >= 11 is 0. The molecule has 0 saturated carbocycles. The third kappa shape index (κ3) is 4.23. The molecule has 1 amide bonds. The highest BCUT2D eigenvalue weighted by molar-refractivity contribution is 5.85. The van der Waals surface area contributed by atoms with E-state index in [-0.39, 0.29) is 19.0 Å². The summed E-state index contributed by atoms with van der Waals surface area (Å²) in [4.78, 5) is 15.8. The highest BCUT2D eigenvalue weighted by atomic mass is 35.5. The number of hydrogen-bond acceptors (Lipinski definition) is 4. The number of amides is 1. The molecule has 1 aliphatic heterocycles. The number of nitrogens with zero attached hydrogens (tertiary/aromatic N) is 3. The van der Waals surface area contributed by atoms with Gasteiger partial charge in [-0.05, 0) is 17.7 Å². The van der Waals surface area contributed by atoms with Gasteiger partial charge in [0.2, 0.25) is 5.91 Å². The fourth-order valence-corrected chi connectivity index (χ4v) is 2.36. The van der Waals surface area contributed by atoms with Crippen molar-refractivity contribution < 1.29 is 13.6 Å². The van der Waals surface area contributed by atoms with Crippen LogP contribution in [0.5, 0.6) is 0 Å². The van der Waals surface area contributed by atoms with E-state index in [4.69, 9.17) is 0 Å². The van der Waals surface area contributed by atoms with Crippen molar-refractivity contribution in [2.45, 2.75) is 24.9 Å². The number of halogens is 3. The highest BCUT2D eigenvalue weighted by Gasteiger charge is 2.42. The van der Waals surface area contributed by atoms with E-state index in [0.717, 1.165) is 11.3 Å². The van der Waals surface area contributed by atoms with Gasteiger partial charge in [0.1, 0.15) is 12.7 Å². The van der Waals surface area contributed by atoms with Crippen LogP contribution < -0.4 is 10.6 Å². The second-order valence-electron chi connectivity index (χ2n) is 5.22. The van der Waals surface area contributed by atoms with Crippen LogP contribution in [0.15, 0.2) is 36.9 Å². The first kappa shape index (κ1) is 17.3. The van der Waals surface area contributed by atoms with E-state index in [2.05, 4.69) is 20.7 Å². The Morgan fingerprint density at radius 1 is 1.48 bits per heavy atom. The fourth-order valence-electron chi connectivity index (χ4n) is 2.36. The van der Waals surface area contributed by atoms with Crippen LogP contribution in [-0.4, -0.2) is 39.2 Å². The maximum absolute atomic E-state index is 13.1. The van der Waals surface area contributed by atoms with Crippen molar-refractivity contribution in [2.75, 3.05) is 6.54 Å². The summed E-state index contributed by atoms with van der Waals surface area (Å²) in [6.45, 7) is -0.183. The molecular formula is C14H16ClF2N5O. The Hall–Kier alpha value is -2.06. The minimum absolute atomic E-state index is 0. The SMILES string of the molecule is Cl.O=C(NCc1cccc(-n2cncn2)c1)C1CC(F)(F)CN1. The van der Waals surface area contributed by atoms with Crippen molar-refractivity contribution in [3.8, 4) is 5.69 Å². The molecule has 2 heterocycles. The van der Waals surface area contributed by atoms with Gasteiger partial charge in [0, 0.05) is 13.0 Å². The molecule has 124 valence electrons. The summed E-state index contributed by atoms with van der Waals surface area (Å²) in [5.74, 6) is -3.22. The lowest BCUT2D eigenvalue weighted by molar-refractivity contribution is -0.123. The maximum Gasteiger partial charge on any atom is 0.262 e. The number of carbonyl (C=O) groups is 1. The molecule has 0 spiro atoms. The summed E-state index contributed by atoms with van der Waals surface area (Å²) in [6.07, 6.45) is 2.54. The van der Waals surface area contributed by atoms with Crippen molar-refractivity contribution in [2.24, 2.45) is 0 Å². The van der Waals surface area contributed by atoms with Gasteiger partial charge < -0.3 is 5.32 Å². The zero-order valence-electron chi connectivity index (χ0n) is 12.1. The van der Waals surface area contributed by atoms with E-state index in [9.17, 15) is 13.6 Å². The summed E-state index contributed by atoms with van der Waals surface area (Å²) in [6, 6.07) is 6.55. The predicted molar refractivity (Wildman–Crippen MR) is 81.8 cm³/mol. The Kier molecular flexibility index (Phi) is 5.27. The predicted octanol–water partition coefficient (Wildman–Crippen LogP) is 1.30. The molecule has 1 fully saturated rings. The van der Waals surface area contributed by atoms with E-state index in [1.54, 1.807) is 11.0 Å². The molecule has 0 aliphatic carbocycles. The number of aromatic nitrogens is 3. The number of rotatable bonds is 4. The van der Waals surface area contributed by atoms with Crippen molar-refractivity contribution >= 4 is 18.3 Å². The van der Waals surface area contributed by atoms with Gasteiger partial charge in [-0.3, -0.25) is 10.1 Å². The number of benzene rings is 1. The van der Waals surface area contributed by atoms with Crippen molar-refractivity contribution in [1.29, 1.82) is 0 Å². The summed E-state index contributed by atoms with van der Waals surface area (Å²) in [5.41, 5.74) is 1.67. The first-order valence-electron chi connectivity index (χ1n) is 6.86. The Morgan fingerprint density at radius 2 is 2.30 bits per heavy atom. The van der Waals surface area contributed by atoms with Gasteiger partial charge in [0.15, 0.2) is 0 Å². The molecule has 0 radical (unpaired) electrons. The second-order valence-corrected chi connectivity index (χ2v) is 5.22. The standard InChI is InChI=1S/C14H15F2N5O.ClH/c15-14(16)5-12(19-7-14)13(22)18-6-10-2-1-3-11(4-10)21-9-17-8-20-21;/h1-4,8-9,12,19H,5-7H2,(H,18,22);1H. The lowest BCUT2D eigenvalue weighted by Crippen LogP contribution is -2.40. The van der Waals surface area contributed by atoms with Crippen LogP contribution in [0.4, 0.5) is 8.78 Å². The van der Waals surface area contributed by atoms with E-state index in [1.165, 1.54) is 6.33 Å². The Bertz CT molecular complexity index is 665. The van der Waals surface area contributed by atoms with E-state index >= 15 is 0 Å². The largest absolute Gasteiger partial charge is 0.351 e. The van der Waals surface area contributed by atoms with Crippen molar-refractivity contribution in [1.82, 2.24) is 25.4 Å². The van der Waals surface area contributed by atoms with Crippen LogP contribution in [0.25, 0.3) is 5.69 Å². The molecule has 1 saturated heterocycles. The van der Waals surface area contributed by atoms with Crippen LogP contribution in [0, 0.1) is 0 Å². The summed E-state index contributed by atoms with van der Waals surface area (Å²) in [7, 11) is 0. The van der Waals surface area contributed by atoms with Crippen molar-refractivity contribution in [3.63, 3.8) is 0 Å². The van der Waals surface area contributed by atoms with Gasteiger partial charge in [0.25, 0.3) is 5.92 Å². The minimum atomic E-state index is -2.81. The monoisotopic (exact) mass is 343 g/mol. The van der Waals surface area contributed by atoms with Crippen LogP contribution in [-0.2, 0) is 11.3 Å². The van der Waals surface area contributed by atoms with Crippen LogP contribution >= 0.6 is 12.4 Å². The van der Waals surface area contributed by atoms with Crippen LogP contribution in [0.3, 0.4) is 0 Å². The molecular weight excluding hydrogens is 328 g/mol. The Balaban J connectivity index is 0.00000192. The van der Waals surface area contributed by atoms with Gasteiger partial charge in [0.05, 0.1) is 18.3 Å². The molecule has 2 aromatic rings. The minimum Gasteiger partial charge on any atom is -0.351 e. The molecule has 1 aliphatic rings. The lowest BCUT2D eigenvalue weighted by atomic mass is 10.1. The molecule has 3 rings (SSSR count). The highest BCUT2D eigenvalue weighted by Crippen LogP contribution is 2.25. The van der Waals surface area contributed by atoms with Gasteiger partial charge in [-0.2, -0.15) is 5.10 Å². The van der Waals surface area contributed by atoms with Gasteiger partial charge in [-0.15, -0.1) is 12.4 Å². The number of nitrogens with one attached hydrogen (secondary N) is 2. The zero-order valence-corrected chi connectivity index (χ0v) is 12.9.